The molecular formula is C30H28N4O3S. The minimum absolute atomic E-state index is 0.00400. The third kappa shape index (κ3) is 5.06. The highest BCUT2D eigenvalue weighted by molar-refractivity contribution is 7.15. The zero-order valence-electron chi connectivity index (χ0n) is 21.3. The molecule has 0 spiro atoms. The maximum atomic E-state index is 13.6. The molecule has 0 aliphatic heterocycles. The number of hydrogen-bond donors (Lipinski definition) is 2. The molecule has 2 N–H and O–H groups in total. The van der Waals surface area contributed by atoms with Gasteiger partial charge >= 0.3 is 0 Å². The van der Waals surface area contributed by atoms with E-state index in [-0.39, 0.29) is 18.0 Å². The predicted octanol–water partition coefficient (Wildman–Crippen LogP) is 6.10. The summed E-state index contributed by atoms with van der Waals surface area (Å²) in [6.45, 7) is 4.13. The number of fused-ring (bicyclic) bond motifs is 1. The molecule has 3 aromatic heterocycles. The summed E-state index contributed by atoms with van der Waals surface area (Å²) in [5.74, 6) is 0.0187. The Hall–Kier alpha value is -4.35. The Morgan fingerprint density at radius 3 is 2.66 bits per heavy atom. The zero-order valence-corrected chi connectivity index (χ0v) is 22.2. The molecule has 5 rings (SSSR count). The fourth-order valence-corrected chi connectivity index (χ4v) is 6.38. The topological polar surface area (TPSA) is 100 Å². The van der Waals surface area contributed by atoms with Gasteiger partial charge in [-0.25, -0.2) is 0 Å². The average molecular weight is 525 g/mol. The van der Waals surface area contributed by atoms with E-state index in [2.05, 4.69) is 15.2 Å². The quantitative estimate of drug-likeness (QED) is 0.225. The summed E-state index contributed by atoms with van der Waals surface area (Å²) in [5.41, 5.74) is 5.14. The first-order chi connectivity index (χ1) is 18.5. The number of nitrogens with one attached hydrogen (secondary N) is 2. The molecule has 0 bridgehead atoms. The fourth-order valence-electron chi connectivity index (χ4n) is 4.88. The van der Waals surface area contributed by atoms with Crippen LogP contribution in [0.5, 0.6) is 0 Å². The Morgan fingerprint density at radius 2 is 1.92 bits per heavy atom. The molecule has 1 aliphatic rings. The molecule has 0 saturated carbocycles. The Kier molecular flexibility index (Phi) is 7.29. The third-order valence-electron chi connectivity index (χ3n) is 6.75. The number of aryl methyl sites for hydroxylation is 2. The van der Waals surface area contributed by atoms with Crippen LogP contribution in [0, 0.1) is 25.2 Å². The van der Waals surface area contributed by atoms with Gasteiger partial charge in [-0.15, -0.1) is 11.3 Å². The van der Waals surface area contributed by atoms with Gasteiger partial charge in [0.1, 0.15) is 22.4 Å². The fraction of sp³-hybridized carbons (Fsp3) is 0.233. The van der Waals surface area contributed by atoms with Gasteiger partial charge in [0, 0.05) is 22.0 Å². The van der Waals surface area contributed by atoms with E-state index in [1.807, 2.05) is 56.3 Å². The Labute approximate surface area is 225 Å². The van der Waals surface area contributed by atoms with Crippen LogP contribution >= 0.6 is 11.3 Å². The van der Waals surface area contributed by atoms with Crippen LogP contribution in [-0.2, 0) is 24.2 Å². The van der Waals surface area contributed by atoms with E-state index in [4.69, 9.17) is 4.42 Å². The van der Waals surface area contributed by atoms with E-state index in [0.29, 0.717) is 11.3 Å². The second-order valence-electron chi connectivity index (χ2n) is 9.30. The van der Waals surface area contributed by atoms with E-state index in [0.717, 1.165) is 58.9 Å². The van der Waals surface area contributed by atoms with Gasteiger partial charge in [0.15, 0.2) is 0 Å². The molecule has 7 nitrogen and oxygen atoms in total. The first-order valence-corrected chi connectivity index (χ1v) is 13.4. The van der Waals surface area contributed by atoms with Crippen molar-refractivity contribution in [2.45, 2.75) is 46.1 Å². The highest BCUT2D eigenvalue weighted by atomic mass is 32.1. The number of nitrogens with zero attached hydrogens (tertiary/aromatic N) is 2. The highest BCUT2D eigenvalue weighted by Gasteiger charge is 2.28. The largest absolute Gasteiger partial charge is 0.467 e. The highest BCUT2D eigenvalue weighted by Crippen LogP contribution is 2.39. The summed E-state index contributed by atoms with van der Waals surface area (Å²) in [4.78, 5) is 27.6. The molecule has 1 aliphatic carbocycles. The van der Waals surface area contributed by atoms with Gasteiger partial charge in [-0.05, 0) is 87.1 Å². The predicted molar refractivity (Wildman–Crippen MR) is 148 cm³/mol. The second-order valence-corrected chi connectivity index (χ2v) is 10.4. The summed E-state index contributed by atoms with van der Waals surface area (Å²) in [6, 6.07) is 17.0. The number of nitriles is 1. The van der Waals surface area contributed by atoms with Gasteiger partial charge in [-0.3, -0.25) is 9.59 Å². The van der Waals surface area contributed by atoms with Gasteiger partial charge in [0.25, 0.3) is 11.8 Å². The lowest BCUT2D eigenvalue weighted by Crippen LogP contribution is -2.23. The van der Waals surface area contributed by atoms with Gasteiger partial charge in [0.05, 0.1) is 18.4 Å². The summed E-state index contributed by atoms with van der Waals surface area (Å²) in [5, 5.41) is 16.4. The van der Waals surface area contributed by atoms with Crippen molar-refractivity contribution in [3.63, 3.8) is 0 Å². The molecular weight excluding hydrogens is 496 g/mol. The van der Waals surface area contributed by atoms with Crippen molar-refractivity contribution in [3.05, 3.63) is 99.1 Å². The van der Waals surface area contributed by atoms with Gasteiger partial charge < -0.3 is 19.6 Å². The van der Waals surface area contributed by atoms with Crippen molar-refractivity contribution >= 4 is 34.9 Å². The molecule has 0 saturated heterocycles. The van der Waals surface area contributed by atoms with Crippen LogP contribution in [0.3, 0.4) is 0 Å². The monoisotopic (exact) mass is 524 g/mol. The van der Waals surface area contributed by atoms with Crippen molar-refractivity contribution in [3.8, 4) is 11.1 Å². The molecule has 3 heterocycles. The van der Waals surface area contributed by atoms with Crippen LogP contribution in [0.15, 0.2) is 64.8 Å². The van der Waals surface area contributed by atoms with Crippen molar-refractivity contribution in [2.24, 2.45) is 0 Å². The van der Waals surface area contributed by atoms with Crippen LogP contribution in [0.4, 0.5) is 5.69 Å². The molecule has 0 fully saturated rings. The number of amides is 2. The normalized spacial score (nSPS) is 13.0. The summed E-state index contributed by atoms with van der Waals surface area (Å²) in [6.07, 6.45) is 7.16. The first-order valence-electron chi connectivity index (χ1n) is 12.6. The molecule has 8 heteroatoms. The minimum atomic E-state index is -0.469. The van der Waals surface area contributed by atoms with Gasteiger partial charge in [0.2, 0.25) is 0 Å². The van der Waals surface area contributed by atoms with E-state index in [1.165, 1.54) is 11.1 Å². The summed E-state index contributed by atoms with van der Waals surface area (Å²) < 4.78 is 7.33. The number of furan rings is 1. The molecule has 0 unspecified atom stereocenters. The summed E-state index contributed by atoms with van der Waals surface area (Å²) in [7, 11) is 0. The number of rotatable bonds is 7. The number of thiophene rings is 1. The summed E-state index contributed by atoms with van der Waals surface area (Å²) >= 11 is 1.66. The SMILES string of the molecule is Cc1cc(/C=C(\C#N)C(=O)NCc2ccco2)c(C)n1-c1sc2c(c1C(=O)Nc1ccccc1)CCCC2. The van der Waals surface area contributed by atoms with Crippen LogP contribution in [-0.4, -0.2) is 16.4 Å². The van der Waals surface area contributed by atoms with Gasteiger partial charge in [-0.2, -0.15) is 5.26 Å². The molecule has 2 amide bonds. The lowest BCUT2D eigenvalue weighted by molar-refractivity contribution is -0.117. The van der Waals surface area contributed by atoms with Crippen LogP contribution < -0.4 is 10.6 Å². The molecule has 0 radical (unpaired) electrons. The van der Waals surface area contributed by atoms with Crippen LogP contribution in [0.2, 0.25) is 0 Å². The zero-order chi connectivity index (χ0) is 26.6. The number of benzene rings is 1. The number of carbonyl (C=O) groups excluding carboxylic acids is 2. The number of hydrogen-bond acceptors (Lipinski definition) is 5. The van der Waals surface area contributed by atoms with Crippen molar-refractivity contribution in [1.82, 2.24) is 9.88 Å². The standard InChI is InChI=1S/C30H28N4O3S/c1-19-15-21(16-22(17-31)28(35)32-18-24-11-8-14-37-24)20(2)34(19)30-27(25-12-6-7-13-26(25)38-30)29(36)33-23-9-4-3-5-10-23/h3-5,8-11,14-16H,6-7,12-13,18H2,1-2H3,(H,32,35)(H,33,36)/b22-16+. The molecule has 4 aromatic rings. The van der Waals surface area contributed by atoms with E-state index < -0.39 is 5.91 Å². The Bertz CT molecular complexity index is 1550. The molecule has 38 heavy (non-hydrogen) atoms. The number of carbonyl (C=O) groups is 2. The maximum Gasteiger partial charge on any atom is 0.262 e. The number of aromatic nitrogens is 1. The lowest BCUT2D eigenvalue weighted by atomic mass is 9.95. The first kappa shape index (κ1) is 25.3. The maximum absolute atomic E-state index is 13.6. The molecule has 1 aromatic carbocycles. The van der Waals surface area contributed by atoms with Crippen molar-refractivity contribution in [1.29, 1.82) is 5.26 Å². The van der Waals surface area contributed by atoms with Crippen LogP contribution in [0.25, 0.3) is 11.1 Å². The van der Waals surface area contributed by atoms with Crippen molar-refractivity contribution in [2.75, 3.05) is 5.32 Å². The molecule has 192 valence electrons. The third-order valence-corrected chi connectivity index (χ3v) is 8.03. The average Bonchev–Trinajstić information content (AvgIpc) is 3.64. The molecule has 0 atom stereocenters. The number of para-hydroxylation sites is 1. The second kappa shape index (κ2) is 11.0. The lowest BCUT2D eigenvalue weighted by Gasteiger charge is -2.14. The van der Waals surface area contributed by atoms with E-state index in [1.54, 1.807) is 29.5 Å². The minimum Gasteiger partial charge on any atom is -0.467 e. The van der Waals surface area contributed by atoms with Gasteiger partial charge in [-0.1, -0.05) is 18.2 Å². The van der Waals surface area contributed by atoms with Crippen LogP contribution in [0.1, 0.15) is 56.4 Å². The van der Waals surface area contributed by atoms with E-state index in [9.17, 15) is 14.9 Å². The van der Waals surface area contributed by atoms with E-state index >= 15 is 0 Å². The smallest absolute Gasteiger partial charge is 0.262 e. The number of anilines is 1. The van der Waals surface area contributed by atoms with Crippen molar-refractivity contribution < 1.29 is 14.0 Å². The Morgan fingerprint density at radius 1 is 1.13 bits per heavy atom. The Balaban J connectivity index is 1.50.